The highest BCUT2D eigenvalue weighted by molar-refractivity contribution is 5.81. The maximum atomic E-state index is 12.9. The van der Waals surface area contributed by atoms with Gasteiger partial charge in [-0.05, 0) is 80.0 Å². The summed E-state index contributed by atoms with van der Waals surface area (Å²) in [7, 11) is 0. The van der Waals surface area contributed by atoms with Crippen LogP contribution in [0.3, 0.4) is 0 Å². The van der Waals surface area contributed by atoms with Crippen molar-refractivity contribution in [3.63, 3.8) is 0 Å². The van der Waals surface area contributed by atoms with E-state index in [9.17, 15) is 28.8 Å². The lowest BCUT2D eigenvalue weighted by Crippen LogP contribution is -2.47. The number of hydrogen-bond acceptors (Lipinski definition) is 12. The Morgan fingerprint density at radius 1 is 0.623 bits per heavy atom. The van der Waals surface area contributed by atoms with E-state index in [1.807, 2.05) is 0 Å². The van der Waals surface area contributed by atoms with Crippen LogP contribution in [0.15, 0.2) is 25.3 Å². The fourth-order valence-electron chi connectivity index (χ4n) is 8.33. The van der Waals surface area contributed by atoms with Gasteiger partial charge in [-0.25, -0.2) is 19.2 Å². The fourth-order valence-corrected chi connectivity index (χ4v) is 8.33. The van der Waals surface area contributed by atoms with Gasteiger partial charge in [0.2, 0.25) is 0 Å². The summed E-state index contributed by atoms with van der Waals surface area (Å²) in [6, 6.07) is -0.339. The van der Waals surface area contributed by atoms with Crippen LogP contribution in [-0.2, 0) is 47.6 Å². The first-order valence-electron chi connectivity index (χ1n) is 18.5. The normalized spacial score (nSPS) is 25.0. The number of alkyl carbamates (subject to hydrolysis) is 2. The Balaban J connectivity index is 1.77. The molecule has 2 fully saturated rings. The van der Waals surface area contributed by atoms with Crippen molar-refractivity contribution in [2.45, 2.75) is 131 Å². The Hall–Kier alpha value is -4.10. The molecule has 2 N–H and O–H groups in total. The van der Waals surface area contributed by atoms with E-state index in [1.54, 1.807) is 6.92 Å². The number of hydrogen-bond donors (Lipinski definition) is 2. The molecule has 14 nitrogen and oxygen atoms in total. The average Bonchev–Trinajstić information content (AvgIpc) is 3.03. The molecule has 0 aromatic carbocycles. The minimum atomic E-state index is -0.674. The van der Waals surface area contributed by atoms with Gasteiger partial charge >= 0.3 is 36.1 Å². The van der Waals surface area contributed by atoms with Gasteiger partial charge in [0.1, 0.15) is 39.1 Å². The number of ether oxygens (including phenoxy) is 6. The molecule has 0 aliphatic heterocycles. The van der Waals surface area contributed by atoms with Gasteiger partial charge in [-0.15, -0.1) is 0 Å². The van der Waals surface area contributed by atoms with E-state index < -0.39 is 36.2 Å². The molecule has 0 spiro atoms. The summed E-state index contributed by atoms with van der Waals surface area (Å²) >= 11 is 0. The van der Waals surface area contributed by atoms with E-state index in [-0.39, 0.29) is 85.6 Å². The van der Waals surface area contributed by atoms with E-state index in [0.717, 1.165) is 37.8 Å². The SMILES string of the molecule is C=CC(=O)OCCOC(=O)CCC1(C)CC(NC(=O)OC(C)COC(=O)CCC2(C)CC(NC(=O)OCCOC(=O)C=C)CC(C)(C)C2)CC(C)(C)C1. The third kappa shape index (κ3) is 18.0. The Kier molecular flexibility index (Phi) is 17.3. The van der Waals surface area contributed by atoms with Crippen LogP contribution in [-0.4, -0.2) is 87.3 Å². The second-order valence-electron chi connectivity index (χ2n) is 16.8. The largest absolute Gasteiger partial charge is 0.462 e. The van der Waals surface area contributed by atoms with Crippen LogP contribution in [0.25, 0.3) is 0 Å². The van der Waals surface area contributed by atoms with Gasteiger partial charge in [0.15, 0.2) is 0 Å². The molecule has 0 aromatic rings. The van der Waals surface area contributed by atoms with Gasteiger partial charge in [-0.1, -0.05) is 54.7 Å². The predicted octanol–water partition coefficient (Wildman–Crippen LogP) is 6.10. The number of carbonyl (C=O) groups excluding carboxylic acids is 6. The number of carbonyl (C=O) groups is 6. The zero-order chi connectivity index (χ0) is 39.9. The summed E-state index contributed by atoms with van der Waals surface area (Å²) < 4.78 is 31.0. The predicted molar refractivity (Wildman–Crippen MR) is 195 cm³/mol. The monoisotopic (exact) mass is 750 g/mol. The quantitative estimate of drug-likeness (QED) is 0.0671. The summed E-state index contributed by atoms with van der Waals surface area (Å²) in [5.74, 6) is -1.95. The summed E-state index contributed by atoms with van der Waals surface area (Å²) in [6.07, 6.45) is 6.20. The lowest BCUT2D eigenvalue weighted by atomic mass is 9.61. The zero-order valence-corrected chi connectivity index (χ0v) is 32.8. The van der Waals surface area contributed by atoms with Gasteiger partial charge in [0, 0.05) is 37.1 Å². The smallest absolute Gasteiger partial charge is 0.407 e. The van der Waals surface area contributed by atoms with E-state index in [4.69, 9.17) is 28.4 Å². The molecule has 0 saturated heterocycles. The topological polar surface area (TPSA) is 182 Å². The molecule has 14 heteroatoms. The standard InChI is InChI=1S/C39H62N2O12/c1-10-30(42)48-16-17-50-32(44)12-14-38(8)23-29(21-37(6,7)26-38)41-35(47)53-27(3)24-52-33(45)13-15-39(9)22-28(20-36(4,5)25-39)40-34(46)51-19-18-49-31(43)11-2/h10-11,27-29H,1-2,12-26H2,3-9H3,(H,40,46)(H,41,47). The number of amides is 2. The Morgan fingerprint density at radius 3 is 1.51 bits per heavy atom. The maximum absolute atomic E-state index is 12.9. The van der Waals surface area contributed by atoms with Crippen molar-refractivity contribution in [2.24, 2.45) is 21.7 Å². The summed E-state index contributed by atoms with van der Waals surface area (Å²) in [6.45, 7) is 20.7. The average molecular weight is 751 g/mol. The van der Waals surface area contributed by atoms with Crippen molar-refractivity contribution >= 4 is 36.1 Å². The summed E-state index contributed by atoms with van der Waals surface area (Å²) in [5.41, 5.74) is -0.667. The van der Waals surface area contributed by atoms with E-state index in [0.29, 0.717) is 25.7 Å². The molecule has 0 radical (unpaired) electrons. The number of esters is 4. The molecule has 2 saturated carbocycles. The maximum Gasteiger partial charge on any atom is 0.407 e. The Bertz CT molecular complexity index is 1310. The molecule has 0 bridgehead atoms. The molecule has 2 aliphatic carbocycles. The van der Waals surface area contributed by atoms with Crippen LogP contribution < -0.4 is 10.6 Å². The number of rotatable bonds is 19. The van der Waals surface area contributed by atoms with E-state index in [1.165, 1.54) is 0 Å². The van der Waals surface area contributed by atoms with Crippen molar-refractivity contribution in [2.75, 3.05) is 33.0 Å². The van der Waals surface area contributed by atoms with Gasteiger partial charge in [-0.2, -0.15) is 0 Å². The second kappa shape index (κ2) is 20.4. The molecule has 0 aromatic heterocycles. The molecule has 5 unspecified atom stereocenters. The molecule has 5 atom stereocenters. The van der Waals surface area contributed by atoms with Crippen LogP contribution >= 0.6 is 0 Å². The molecule has 300 valence electrons. The summed E-state index contributed by atoms with van der Waals surface area (Å²) in [5, 5.41) is 5.89. The minimum Gasteiger partial charge on any atom is -0.462 e. The molecule has 53 heavy (non-hydrogen) atoms. The highest BCUT2D eigenvalue weighted by Crippen LogP contribution is 2.49. The summed E-state index contributed by atoms with van der Waals surface area (Å²) in [4.78, 5) is 72.6. The Labute approximate surface area is 314 Å². The first kappa shape index (κ1) is 45.1. The van der Waals surface area contributed by atoms with Gasteiger partial charge < -0.3 is 39.1 Å². The van der Waals surface area contributed by atoms with Crippen LogP contribution in [0.5, 0.6) is 0 Å². The van der Waals surface area contributed by atoms with Crippen LogP contribution in [0.2, 0.25) is 0 Å². The zero-order valence-electron chi connectivity index (χ0n) is 32.8. The fraction of sp³-hybridized carbons (Fsp3) is 0.744. The highest BCUT2D eigenvalue weighted by atomic mass is 16.6. The van der Waals surface area contributed by atoms with E-state index >= 15 is 0 Å². The second-order valence-corrected chi connectivity index (χ2v) is 16.8. The Morgan fingerprint density at radius 2 is 1.04 bits per heavy atom. The molecule has 2 aliphatic rings. The minimum absolute atomic E-state index is 0.0271. The van der Waals surface area contributed by atoms with Crippen molar-refractivity contribution in [1.82, 2.24) is 10.6 Å². The molecular weight excluding hydrogens is 688 g/mol. The highest BCUT2D eigenvalue weighted by Gasteiger charge is 2.43. The van der Waals surface area contributed by atoms with Crippen molar-refractivity contribution in [3.05, 3.63) is 25.3 Å². The van der Waals surface area contributed by atoms with Crippen LogP contribution in [0, 0.1) is 21.7 Å². The molecule has 0 heterocycles. The van der Waals surface area contributed by atoms with Gasteiger partial charge in [0.05, 0.1) is 0 Å². The first-order valence-corrected chi connectivity index (χ1v) is 18.5. The lowest BCUT2D eigenvalue weighted by molar-refractivity contribution is -0.150. The number of nitrogens with one attached hydrogen (secondary N) is 2. The first-order chi connectivity index (χ1) is 24.7. The molecular formula is C39H62N2O12. The van der Waals surface area contributed by atoms with Gasteiger partial charge in [-0.3, -0.25) is 9.59 Å². The third-order valence-electron chi connectivity index (χ3n) is 9.67. The van der Waals surface area contributed by atoms with Crippen molar-refractivity contribution in [3.8, 4) is 0 Å². The van der Waals surface area contributed by atoms with Crippen LogP contribution in [0.1, 0.15) is 113 Å². The van der Waals surface area contributed by atoms with Crippen molar-refractivity contribution in [1.29, 1.82) is 0 Å². The molecule has 2 rings (SSSR count). The molecule has 2 amide bonds. The van der Waals surface area contributed by atoms with Crippen molar-refractivity contribution < 1.29 is 57.2 Å². The van der Waals surface area contributed by atoms with Gasteiger partial charge in [0.25, 0.3) is 0 Å². The van der Waals surface area contributed by atoms with Crippen LogP contribution in [0.4, 0.5) is 9.59 Å². The third-order valence-corrected chi connectivity index (χ3v) is 9.67. The lowest BCUT2D eigenvalue weighted by Gasteiger charge is -2.46. The van der Waals surface area contributed by atoms with E-state index in [2.05, 4.69) is 65.3 Å².